The Morgan fingerprint density at radius 2 is 2.15 bits per heavy atom. The molecule has 1 aromatic rings. The molecule has 1 aliphatic rings. The van der Waals surface area contributed by atoms with E-state index in [1.165, 1.54) is 0 Å². The molecule has 7 nitrogen and oxygen atoms in total. The minimum absolute atomic E-state index is 0. The topological polar surface area (TPSA) is 111 Å². The van der Waals surface area contributed by atoms with Gasteiger partial charge in [-0.1, -0.05) is 0 Å². The number of aliphatic hydroxyl groups excluding tert-OH is 2. The Morgan fingerprint density at radius 3 is 2.60 bits per heavy atom. The van der Waals surface area contributed by atoms with Gasteiger partial charge in [-0.25, -0.2) is 4.79 Å². The number of nitrogens with two attached hydrogens (primary N) is 1. The molecule has 0 saturated carbocycles. The number of nitrogens with zero attached hydrogens (tertiary/aromatic N) is 2. The van der Waals surface area contributed by atoms with Gasteiger partial charge in [0.2, 0.25) is 6.23 Å². The Bertz CT molecular complexity index is 526. The summed E-state index contributed by atoms with van der Waals surface area (Å²) in [6.07, 6.45) is -4.69. The molecule has 1 aliphatic heterocycles. The van der Waals surface area contributed by atoms with E-state index in [-0.39, 0.29) is 67.8 Å². The van der Waals surface area contributed by atoms with Gasteiger partial charge in [0.25, 0.3) is 0 Å². The molecule has 20 heavy (non-hydrogen) atoms. The van der Waals surface area contributed by atoms with Gasteiger partial charge in [0.15, 0.2) is 6.10 Å². The van der Waals surface area contributed by atoms with Gasteiger partial charge in [-0.05, 0) is 6.07 Å². The fourth-order valence-corrected chi connectivity index (χ4v) is 1.72. The first-order valence-corrected chi connectivity index (χ1v) is 5.04. The predicted molar refractivity (Wildman–Crippen MR) is 57.1 cm³/mol. The van der Waals surface area contributed by atoms with Crippen LogP contribution in [0.1, 0.15) is 9.08 Å². The summed E-state index contributed by atoms with van der Waals surface area (Å²) in [6.45, 7) is -0.787. The molecule has 11 heteroatoms. The molecule has 0 aliphatic carbocycles. The smallest absolute Gasteiger partial charge is 1.00 e. The molecule has 3 atom stereocenters. The number of ether oxygens (including phenoxy) is 1. The van der Waals surface area contributed by atoms with Crippen molar-refractivity contribution in [3.05, 3.63) is 22.7 Å². The van der Waals surface area contributed by atoms with Crippen LogP contribution in [-0.2, 0) is 4.74 Å². The molecule has 0 spiro atoms. The van der Waals surface area contributed by atoms with E-state index in [9.17, 15) is 18.7 Å². The van der Waals surface area contributed by atoms with Gasteiger partial charge in [0, 0.05) is 6.20 Å². The molecule has 104 valence electrons. The Hall–Kier alpha value is 0.420. The molecule has 0 unspecified atom stereocenters. The fourth-order valence-electron chi connectivity index (χ4n) is 1.72. The molecule has 4 N–H and O–H groups in total. The largest absolute Gasteiger partial charge is 1.00 e. The molecular weight excluding hydrogens is 298 g/mol. The molecule has 0 amide bonds. The van der Waals surface area contributed by atoms with Gasteiger partial charge in [-0.3, -0.25) is 4.57 Å². The van der Waals surface area contributed by atoms with Crippen molar-refractivity contribution in [1.82, 2.24) is 9.55 Å². The Kier molecular flexibility index (Phi) is 7.77. The Morgan fingerprint density at radius 1 is 1.55 bits per heavy atom. The van der Waals surface area contributed by atoms with Crippen molar-refractivity contribution in [2.45, 2.75) is 24.4 Å². The van der Waals surface area contributed by atoms with Crippen molar-refractivity contribution in [3.8, 4) is 0 Å². The number of aliphatic hydroxyl groups is 2. The standard InChI is InChI=1S/C9H11F2N3O4.2Na.2H/c10-9(11)6(16)4(3-15)18-7(9)14-2-1-5(12)13-8(14)17;;;;/h1-2,4,6-7,15-16H,3H2,(H2,12,13,17);;;;/q;2*+1;2*-1/t4-,6-,7-;;;;/m1..../s1. The van der Waals surface area contributed by atoms with Crippen molar-refractivity contribution in [3.63, 3.8) is 0 Å². The second-order valence-electron chi connectivity index (χ2n) is 3.87. The van der Waals surface area contributed by atoms with Crippen LogP contribution in [0.25, 0.3) is 0 Å². The van der Waals surface area contributed by atoms with Crippen LogP contribution in [0.3, 0.4) is 0 Å². The molecule has 2 rings (SSSR count). The fraction of sp³-hybridized carbons (Fsp3) is 0.556. The van der Waals surface area contributed by atoms with Gasteiger partial charge < -0.3 is 23.5 Å². The molecule has 2 heterocycles. The third-order valence-corrected chi connectivity index (χ3v) is 2.66. The summed E-state index contributed by atoms with van der Waals surface area (Å²) in [7, 11) is 0. The molecule has 0 aromatic carbocycles. The maximum absolute atomic E-state index is 13.7. The maximum Gasteiger partial charge on any atom is 1.00 e. The van der Waals surface area contributed by atoms with Crippen molar-refractivity contribution < 1.29 is 85.7 Å². The van der Waals surface area contributed by atoms with Crippen molar-refractivity contribution in [2.24, 2.45) is 0 Å². The first-order chi connectivity index (χ1) is 8.37. The van der Waals surface area contributed by atoms with Gasteiger partial charge in [-0.15, -0.1) is 0 Å². The van der Waals surface area contributed by atoms with Gasteiger partial charge >= 0.3 is 70.7 Å². The molecule has 0 bridgehead atoms. The quantitative estimate of drug-likeness (QED) is 0.468. The summed E-state index contributed by atoms with van der Waals surface area (Å²) in [5, 5.41) is 18.1. The summed E-state index contributed by atoms with van der Waals surface area (Å²) in [5.74, 6) is -3.83. The molecule has 1 aromatic heterocycles. The number of hydrogen-bond acceptors (Lipinski definition) is 6. The summed E-state index contributed by atoms with van der Waals surface area (Å²) in [5.41, 5.74) is 4.21. The van der Waals surface area contributed by atoms with Crippen molar-refractivity contribution in [1.29, 1.82) is 0 Å². The van der Waals surface area contributed by atoms with Crippen LogP contribution in [0.5, 0.6) is 0 Å². The number of halogens is 2. The average Bonchev–Trinajstić information content (AvgIpc) is 2.52. The third-order valence-electron chi connectivity index (χ3n) is 2.66. The van der Waals surface area contributed by atoms with E-state index in [0.29, 0.717) is 4.57 Å². The zero-order valence-corrected chi connectivity index (χ0v) is 15.0. The van der Waals surface area contributed by atoms with E-state index in [1.54, 1.807) is 0 Å². The summed E-state index contributed by atoms with van der Waals surface area (Å²) < 4.78 is 32.7. The van der Waals surface area contributed by atoms with Crippen molar-refractivity contribution >= 4 is 5.82 Å². The first kappa shape index (κ1) is 20.4. The Labute approximate surface area is 159 Å². The number of anilines is 1. The molecule has 1 fully saturated rings. The van der Waals surface area contributed by atoms with E-state index in [4.69, 9.17) is 15.6 Å². The van der Waals surface area contributed by atoms with Gasteiger partial charge in [-0.2, -0.15) is 13.8 Å². The van der Waals surface area contributed by atoms with Crippen LogP contribution in [0.4, 0.5) is 14.6 Å². The molecule has 1 saturated heterocycles. The molecular formula is C9H13F2N3Na2O4. The number of aromatic nitrogens is 2. The van der Waals surface area contributed by atoms with Crippen LogP contribution < -0.4 is 70.5 Å². The Balaban J connectivity index is -0.000000902. The number of rotatable bonds is 2. The van der Waals surface area contributed by atoms with Crippen LogP contribution in [0, 0.1) is 0 Å². The zero-order chi connectivity index (χ0) is 13.5. The second kappa shape index (κ2) is 7.61. The van der Waals surface area contributed by atoms with Gasteiger partial charge in [0.05, 0.1) is 6.61 Å². The minimum Gasteiger partial charge on any atom is -1.00 e. The van der Waals surface area contributed by atoms with Crippen LogP contribution in [-0.4, -0.2) is 44.5 Å². The predicted octanol–water partition coefficient (Wildman–Crippen LogP) is -7.06. The summed E-state index contributed by atoms with van der Waals surface area (Å²) in [4.78, 5) is 14.7. The van der Waals surface area contributed by atoms with E-state index in [1.807, 2.05) is 0 Å². The first-order valence-electron chi connectivity index (χ1n) is 5.04. The number of nitrogen functional groups attached to an aromatic ring is 1. The number of hydrogen-bond donors (Lipinski definition) is 3. The summed E-state index contributed by atoms with van der Waals surface area (Å²) >= 11 is 0. The second-order valence-corrected chi connectivity index (χ2v) is 3.87. The van der Waals surface area contributed by atoms with E-state index in [0.717, 1.165) is 12.3 Å². The number of alkyl halides is 2. The maximum atomic E-state index is 13.7. The average molecular weight is 311 g/mol. The van der Waals surface area contributed by atoms with E-state index >= 15 is 0 Å². The molecule has 0 radical (unpaired) electrons. The van der Waals surface area contributed by atoms with Gasteiger partial charge in [0.1, 0.15) is 11.9 Å². The van der Waals surface area contributed by atoms with E-state index in [2.05, 4.69) is 4.98 Å². The third kappa shape index (κ3) is 3.60. The van der Waals surface area contributed by atoms with Crippen LogP contribution in [0.15, 0.2) is 17.1 Å². The van der Waals surface area contributed by atoms with Crippen LogP contribution in [0.2, 0.25) is 0 Å². The van der Waals surface area contributed by atoms with Crippen LogP contribution >= 0.6 is 0 Å². The monoisotopic (exact) mass is 311 g/mol. The van der Waals surface area contributed by atoms with Crippen molar-refractivity contribution in [2.75, 3.05) is 12.3 Å². The van der Waals surface area contributed by atoms with E-state index < -0.39 is 36.7 Å². The zero-order valence-electron chi connectivity index (χ0n) is 13.0. The SMILES string of the molecule is Nc1ccn([C@@H]2O[C@H](CO)[C@@H](O)C2(F)F)c(=O)n1.[H-].[H-].[Na+].[Na+]. The normalized spacial score (nSPS) is 27.5. The minimum atomic E-state index is -3.71. The summed E-state index contributed by atoms with van der Waals surface area (Å²) in [6, 6.07) is 1.15.